The van der Waals surface area contributed by atoms with E-state index in [1.165, 1.54) is 6.07 Å². The minimum absolute atomic E-state index is 0.147. The Morgan fingerprint density at radius 1 is 1.53 bits per heavy atom. The number of nitriles is 1. The maximum absolute atomic E-state index is 13.1. The lowest BCUT2D eigenvalue weighted by molar-refractivity contribution is 0.314. The van der Waals surface area contributed by atoms with Gasteiger partial charge in [-0.3, -0.25) is 4.90 Å². The van der Waals surface area contributed by atoms with Crippen LogP contribution in [0.25, 0.3) is 0 Å². The summed E-state index contributed by atoms with van der Waals surface area (Å²) in [5.41, 5.74) is 0.716. The molecule has 0 fully saturated rings. The minimum atomic E-state index is -0.415. The molecule has 1 aromatic carbocycles. The lowest BCUT2D eigenvalue weighted by atomic mass is 10.2. The Labute approximate surface area is 93.9 Å². The van der Waals surface area contributed by atoms with Crippen molar-refractivity contribution >= 4 is 11.6 Å². The Morgan fingerprint density at radius 2 is 2.27 bits per heavy atom. The second-order valence-corrected chi connectivity index (χ2v) is 3.55. The van der Waals surface area contributed by atoms with E-state index in [1.54, 1.807) is 12.1 Å². The molecule has 15 heavy (non-hydrogen) atoms. The van der Waals surface area contributed by atoms with Crippen molar-refractivity contribution in [1.29, 1.82) is 5.26 Å². The zero-order valence-electron chi connectivity index (χ0n) is 8.50. The molecular weight excluding hydrogens is 215 g/mol. The summed E-state index contributed by atoms with van der Waals surface area (Å²) in [7, 11) is 0. The average molecular weight is 227 g/mol. The monoisotopic (exact) mass is 226 g/mol. The molecule has 0 aliphatic heterocycles. The molecule has 0 saturated heterocycles. The SMILES string of the molecule is CCN(CC#N)Cc1cccc(F)c1Cl. The van der Waals surface area contributed by atoms with Gasteiger partial charge in [-0.2, -0.15) is 5.26 Å². The second kappa shape index (κ2) is 5.69. The molecule has 4 heteroatoms. The molecule has 0 N–H and O–H groups in total. The predicted molar refractivity (Wildman–Crippen MR) is 58.0 cm³/mol. The van der Waals surface area contributed by atoms with Gasteiger partial charge in [0.15, 0.2) is 0 Å². The number of rotatable bonds is 4. The van der Waals surface area contributed by atoms with Gasteiger partial charge in [-0.1, -0.05) is 30.7 Å². The first-order valence-electron chi connectivity index (χ1n) is 4.71. The third-order valence-electron chi connectivity index (χ3n) is 2.17. The highest BCUT2D eigenvalue weighted by molar-refractivity contribution is 6.31. The first-order valence-corrected chi connectivity index (χ1v) is 5.09. The molecule has 2 nitrogen and oxygen atoms in total. The van der Waals surface area contributed by atoms with Crippen LogP contribution < -0.4 is 0 Å². The fraction of sp³-hybridized carbons (Fsp3) is 0.364. The summed E-state index contributed by atoms with van der Waals surface area (Å²) in [6.07, 6.45) is 0. The Kier molecular flexibility index (Phi) is 4.54. The van der Waals surface area contributed by atoms with Gasteiger partial charge in [0, 0.05) is 6.54 Å². The van der Waals surface area contributed by atoms with Crippen LogP contribution in [-0.4, -0.2) is 18.0 Å². The third-order valence-corrected chi connectivity index (χ3v) is 2.59. The van der Waals surface area contributed by atoms with Crippen LogP contribution in [0.1, 0.15) is 12.5 Å². The molecule has 0 heterocycles. The fourth-order valence-electron chi connectivity index (χ4n) is 1.29. The number of hydrogen-bond donors (Lipinski definition) is 0. The van der Waals surface area contributed by atoms with Crippen molar-refractivity contribution in [2.75, 3.05) is 13.1 Å². The molecule has 0 spiro atoms. The molecule has 0 radical (unpaired) electrons. The molecule has 0 amide bonds. The maximum atomic E-state index is 13.1. The Bertz CT molecular complexity index is 373. The molecule has 0 aliphatic carbocycles. The third kappa shape index (κ3) is 3.19. The standard InChI is InChI=1S/C11H12ClFN2/c1-2-15(7-6-14)8-9-4-3-5-10(13)11(9)12/h3-5H,2,7-8H2,1H3. The zero-order valence-corrected chi connectivity index (χ0v) is 9.26. The van der Waals surface area contributed by atoms with Crippen molar-refractivity contribution in [3.8, 4) is 6.07 Å². The highest BCUT2D eigenvalue weighted by atomic mass is 35.5. The van der Waals surface area contributed by atoms with Gasteiger partial charge in [0.25, 0.3) is 0 Å². The van der Waals surface area contributed by atoms with E-state index in [4.69, 9.17) is 16.9 Å². The van der Waals surface area contributed by atoms with Gasteiger partial charge in [0.05, 0.1) is 17.6 Å². The summed E-state index contributed by atoms with van der Waals surface area (Å²) in [5, 5.41) is 8.72. The predicted octanol–water partition coefficient (Wildman–Crippen LogP) is 2.82. The van der Waals surface area contributed by atoms with Crippen LogP contribution in [0.15, 0.2) is 18.2 Å². The molecule has 1 aromatic rings. The van der Waals surface area contributed by atoms with Crippen LogP contribution in [-0.2, 0) is 6.54 Å². The number of halogens is 2. The van der Waals surface area contributed by atoms with Crippen LogP contribution in [0.2, 0.25) is 5.02 Å². The van der Waals surface area contributed by atoms with E-state index in [0.29, 0.717) is 18.7 Å². The summed E-state index contributed by atoms with van der Waals surface area (Å²) in [6, 6.07) is 6.78. The van der Waals surface area contributed by atoms with Crippen LogP contribution in [0.3, 0.4) is 0 Å². The number of hydrogen-bond acceptors (Lipinski definition) is 2. The summed E-state index contributed by atoms with van der Waals surface area (Å²) < 4.78 is 13.1. The Hall–Kier alpha value is -1.11. The van der Waals surface area contributed by atoms with Gasteiger partial charge in [-0.25, -0.2) is 4.39 Å². The van der Waals surface area contributed by atoms with E-state index in [2.05, 4.69) is 6.07 Å². The quantitative estimate of drug-likeness (QED) is 0.739. The molecule has 0 saturated carbocycles. The van der Waals surface area contributed by atoms with Crippen molar-refractivity contribution in [1.82, 2.24) is 4.90 Å². The normalized spacial score (nSPS) is 10.3. The van der Waals surface area contributed by atoms with Crippen molar-refractivity contribution in [3.63, 3.8) is 0 Å². The molecule has 0 aliphatic rings. The smallest absolute Gasteiger partial charge is 0.142 e. The number of benzene rings is 1. The van der Waals surface area contributed by atoms with Gasteiger partial charge < -0.3 is 0 Å². The largest absolute Gasteiger partial charge is 0.286 e. The van der Waals surface area contributed by atoms with E-state index in [1.807, 2.05) is 11.8 Å². The molecule has 0 bridgehead atoms. The van der Waals surface area contributed by atoms with Gasteiger partial charge in [0.2, 0.25) is 0 Å². The average Bonchev–Trinajstić information content (AvgIpc) is 2.24. The summed E-state index contributed by atoms with van der Waals surface area (Å²) >= 11 is 5.81. The van der Waals surface area contributed by atoms with E-state index in [0.717, 1.165) is 6.54 Å². The first kappa shape index (κ1) is 12.0. The molecule has 0 unspecified atom stereocenters. The Morgan fingerprint density at radius 3 is 2.87 bits per heavy atom. The van der Waals surface area contributed by atoms with Gasteiger partial charge in [0.1, 0.15) is 5.82 Å². The molecule has 80 valence electrons. The summed E-state index contributed by atoms with van der Waals surface area (Å²) in [5.74, 6) is -0.415. The fourth-order valence-corrected chi connectivity index (χ4v) is 1.48. The molecule has 0 aromatic heterocycles. The second-order valence-electron chi connectivity index (χ2n) is 3.17. The van der Waals surface area contributed by atoms with Crippen molar-refractivity contribution < 1.29 is 4.39 Å². The van der Waals surface area contributed by atoms with Crippen LogP contribution in [0, 0.1) is 17.1 Å². The lowest BCUT2D eigenvalue weighted by Gasteiger charge is -2.17. The van der Waals surface area contributed by atoms with Gasteiger partial charge in [-0.15, -0.1) is 0 Å². The van der Waals surface area contributed by atoms with Crippen LogP contribution in [0.5, 0.6) is 0 Å². The Balaban J connectivity index is 2.80. The minimum Gasteiger partial charge on any atom is -0.286 e. The molecule has 0 atom stereocenters. The van der Waals surface area contributed by atoms with Crippen LogP contribution >= 0.6 is 11.6 Å². The van der Waals surface area contributed by atoms with Gasteiger partial charge in [-0.05, 0) is 18.2 Å². The first-order chi connectivity index (χ1) is 7.19. The van der Waals surface area contributed by atoms with Crippen LogP contribution in [0.4, 0.5) is 4.39 Å². The van der Waals surface area contributed by atoms with E-state index < -0.39 is 5.82 Å². The summed E-state index contributed by atoms with van der Waals surface area (Å²) in [6.45, 7) is 3.51. The van der Waals surface area contributed by atoms with Crippen molar-refractivity contribution in [3.05, 3.63) is 34.6 Å². The molecule has 1 rings (SSSR count). The highest BCUT2D eigenvalue weighted by Crippen LogP contribution is 2.20. The van der Waals surface area contributed by atoms with E-state index >= 15 is 0 Å². The molecular formula is C11H12ClFN2. The lowest BCUT2D eigenvalue weighted by Crippen LogP contribution is -2.23. The van der Waals surface area contributed by atoms with Gasteiger partial charge >= 0.3 is 0 Å². The topological polar surface area (TPSA) is 27.0 Å². The highest BCUT2D eigenvalue weighted by Gasteiger charge is 2.09. The number of nitrogens with zero attached hydrogens (tertiary/aromatic N) is 2. The maximum Gasteiger partial charge on any atom is 0.142 e. The van der Waals surface area contributed by atoms with E-state index in [9.17, 15) is 4.39 Å². The van der Waals surface area contributed by atoms with Crippen molar-refractivity contribution in [2.45, 2.75) is 13.5 Å². The van der Waals surface area contributed by atoms with E-state index in [-0.39, 0.29) is 5.02 Å². The summed E-state index contributed by atoms with van der Waals surface area (Å²) in [4.78, 5) is 1.89. The van der Waals surface area contributed by atoms with Crippen molar-refractivity contribution in [2.24, 2.45) is 0 Å². The zero-order chi connectivity index (χ0) is 11.3.